The molecule has 2 amide bonds. The molecule has 0 saturated carbocycles. The van der Waals surface area contributed by atoms with Crippen molar-refractivity contribution >= 4 is 12.0 Å². The fourth-order valence-electron chi connectivity index (χ4n) is 1.61. The number of rotatable bonds is 6. The van der Waals surface area contributed by atoms with E-state index in [4.69, 9.17) is 5.11 Å². The normalized spacial score (nSPS) is 12.5. The van der Waals surface area contributed by atoms with Crippen molar-refractivity contribution < 1.29 is 27.9 Å². The lowest BCUT2D eigenvalue weighted by Gasteiger charge is -2.15. The first-order chi connectivity index (χ1) is 9.79. The quantitative estimate of drug-likeness (QED) is 0.706. The topological polar surface area (TPSA) is 78.4 Å². The highest BCUT2D eigenvalue weighted by atomic mass is 19.4. The Hall–Kier alpha value is -2.25. The van der Waals surface area contributed by atoms with Gasteiger partial charge in [-0.2, -0.15) is 13.2 Å². The number of carboxylic acid groups (broad SMARTS) is 1. The minimum Gasteiger partial charge on any atom is -0.479 e. The van der Waals surface area contributed by atoms with Crippen LogP contribution in [-0.2, 0) is 4.79 Å². The van der Waals surface area contributed by atoms with Gasteiger partial charge in [0, 0.05) is 13.0 Å². The highest BCUT2D eigenvalue weighted by molar-refractivity contribution is 5.83. The molecule has 0 unspecified atom stereocenters. The van der Waals surface area contributed by atoms with E-state index in [1.165, 1.54) is 12.1 Å². The Morgan fingerprint density at radius 2 is 1.81 bits per heavy atom. The molecule has 0 aliphatic carbocycles. The van der Waals surface area contributed by atoms with E-state index in [1.807, 2.05) is 0 Å². The van der Waals surface area contributed by atoms with E-state index in [2.05, 4.69) is 10.6 Å². The van der Waals surface area contributed by atoms with Crippen LogP contribution in [0.4, 0.5) is 18.0 Å². The molecule has 0 saturated heterocycles. The molecule has 0 spiro atoms. The van der Waals surface area contributed by atoms with Crippen LogP contribution in [0.25, 0.3) is 0 Å². The number of nitrogens with one attached hydrogen (secondary N) is 2. The van der Waals surface area contributed by atoms with Crippen LogP contribution in [0.1, 0.15) is 24.4 Å². The average Bonchev–Trinajstić information content (AvgIpc) is 2.40. The molecule has 0 fully saturated rings. The molecule has 1 rings (SSSR count). The Balaban J connectivity index is 2.46. The molecule has 3 N–H and O–H groups in total. The number of carbonyl (C=O) groups excluding carboxylic acids is 1. The van der Waals surface area contributed by atoms with Crippen LogP contribution < -0.4 is 10.6 Å². The molecule has 1 atom stereocenters. The van der Waals surface area contributed by atoms with Gasteiger partial charge < -0.3 is 15.7 Å². The second-order valence-corrected chi connectivity index (χ2v) is 4.30. The van der Waals surface area contributed by atoms with Crippen LogP contribution in [0.2, 0.25) is 0 Å². The lowest BCUT2D eigenvalue weighted by Crippen LogP contribution is -2.41. The number of carboxylic acids is 1. The monoisotopic (exact) mass is 304 g/mol. The molecule has 5 nitrogen and oxygen atoms in total. The van der Waals surface area contributed by atoms with E-state index in [0.29, 0.717) is 5.56 Å². The number of amides is 2. The number of hydrogen-bond acceptors (Lipinski definition) is 2. The maximum absolute atomic E-state index is 11.9. The lowest BCUT2D eigenvalue weighted by molar-refractivity contribution is -0.139. The van der Waals surface area contributed by atoms with Gasteiger partial charge in [0.1, 0.15) is 0 Å². The van der Waals surface area contributed by atoms with Gasteiger partial charge in [-0.3, -0.25) is 0 Å². The zero-order chi connectivity index (χ0) is 15.9. The molecular formula is C13H15F3N2O3. The fraction of sp³-hybridized carbons (Fsp3) is 0.385. The molecule has 0 bridgehead atoms. The Kier molecular flexibility index (Phi) is 6.01. The summed E-state index contributed by atoms with van der Waals surface area (Å²) in [6.45, 7) is -0.188. The van der Waals surface area contributed by atoms with E-state index in [9.17, 15) is 22.8 Å². The summed E-state index contributed by atoms with van der Waals surface area (Å²) in [5.41, 5.74) is 0.371. The molecule has 0 radical (unpaired) electrons. The average molecular weight is 304 g/mol. The van der Waals surface area contributed by atoms with Gasteiger partial charge in [-0.15, -0.1) is 0 Å². The third-order valence-electron chi connectivity index (χ3n) is 2.58. The summed E-state index contributed by atoms with van der Waals surface area (Å²) < 4.78 is 35.7. The molecule has 8 heteroatoms. The van der Waals surface area contributed by atoms with Crippen molar-refractivity contribution in [3.8, 4) is 0 Å². The molecule has 116 valence electrons. The summed E-state index contributed by atoms with van der Waals surface area (Å²) in [5.74, 6) is -1.26. The molecule has 1 aromatic carbocycles. The minimum absolute atomic E-state index is 0.188. The van der Waals surface area contributed by atoms with E-state index >= 15 is 0 Å². The largest absolute Gasteiger partial charge is 0.479 e. The third kappa shape index (κ3) is 6.64. The van der Waals surface area contributed by atoms with Crippen molar-refractivity contribution in [2.45, 2.75) is 25.1 Å². The molecule has 1 aromatic rings. The van der Waals surface area contributed by atoms with Crippen molar-refractivity contribution in [3.05, 3.63) is 35.9 Å². The van der Waals surface area contributed by atoms with Crippen molar-refractivity contribution in [2.75, 3.05) is 6.54 Å². The lowest BCUT2D eigenvalue weighted by atomic mass is 10.1. The predicted octanol–water partition coefficient (Wildman–Crippen LogP) is 2.45. The standard InChI is InChI=1S/C13H15F3N2O3/c14-13(15,16)7-4-8-17-12(21)18-10(11(19)20)9-5-2-1-3-6-9/h1-3,5-6,10H,4,7-8H2,(H,19,20)(H2,17,18,21)/t10-/m1/s1. The first-order valence-corrected chi connectivity index (χ1v) is 6.18. The van der Waals surface area contributed by atoms with Crippen molar-refractivity contribution in [1.29, 1.82) is 0 Å². The summed E-state index contributed by atoms with van der Waals surface area (Å²) in [7, 11) is 0. The first kappa shape index (κ1) is 16.8. The van der Waals surface area contributed by atoms with Gasteiger partial charge in [-0.25, -0.2) is 9.59 Å². The number of alkyl halides is 3. The minimum atomic E-state index is -4.27. The zero-order valence-corrected chi connectivity index (χ0v) is 11.0. The molecule has 0 aliphatic heterocycles. The van der Waals surface area contributed by atoms with E-state index in [1.54, 1.807) is 18.2 Å². The Morgan fingerprint density at radius 3 is 2.33 bits per heavy atom. The van der Waals surface area contributed by atoms with Crippen LogP contribution in [0.15, 0.2) is 30.3 Å². The maximum Gasteiger partial charge on any atom is 0.389 e. The Morgan fingerprint density at radius 1 is 1.19 bits per heavy atom. The van der Waals surface area contributed by atoms with Crippen LogP contribution in [-0.4, -0.2) is 29.8 Å². The van der Waals surface area contributed by atoms with Gasteiger partial charge in [0.2, 0.25) is 0 Å². The summed E-state index contributed by atoms with van der Waals surface area (Å²) in [6, 6.07) is 5.91. The molecule has 0 aromatic heterocycles. The predicted molar refractivity (Wildman–Crippen MR) is 68.6 cm³/mol. The van der Waals surface area contributed by atoms with Gasteiger partial charge in [0.15, 0.2) is 6.04 Å². The zero-order valence-electron chi connectivity index (χ0n) is 11.0. The van der Waals surface area contributed by atoms with Crippen molar-refractivity contribution in [1.82, 2.24) is 10.6 Å². The van der Waals surface area contributed by atoms with Gasteiger partial charge in [-0.05, 0) is 12.0 Å². The molecule has 0 aliphatic rings. The Bertz CT molecular complexity index is 477. The number of aliphatic carboxylic acids is 1. The molecule has 0 heterocycles. The Labute approximate surface area is 119 Å². The van der Waals surface area contributed by atoms with Crippen LogP contribution in [0.5, 0.6) is 0 Å². The van der Waals surface area contributed by atoms with E-state index in [-0.39, 0.29) is 13.0 Å². The first-order valence-electron chi connectivity index (χ1n) is 6.18. The highest BCUT2D eigenvalue weighted by Crippen LogP contribution is 2.20. The number of carbonyl (C=O) groups is 2. The summed E-state index contributed by atoms with van der Waals surface area (Å²) in [6.07, 6.45) is -5.54. The van der Waals surface area contributed by atoms with Crippen molar-refractivity contribution in [2.24, 2.45) is 0 Å². The number of urea groups is 1. The number of halogens is 3. The summed E-state index contributed by atoms with van der Waals surface area (Å²) in [4.78, 5) is 22.6. The molecule has 21 heavy (non-hydrogen) atoms. The smallest absolute Gasteiger partial charge is 0.389 e. The number of hydrogen-bond donors (Lipinski definition) is 3. The van der Waals surface area contributed by atoms with Crippen LogP contribution in [0, 0.1) is 0 Å². The van der Waals surface area contributed by atoms with Gasteiger partial charge in [0.05, 0.1) is 0 Å². The van der Waals surface area contributed by atoms with Crippen LogP contribution in [0.3, 0.4) is 0 Å². The van der Waals surface area contributed by atoms with Crippen LogP contribution >= 0.6 is 0 Å². The van der Waals surface area contributed by atoms with E-state index in [0.717, 1.165) is 0 Å². The van der Waals surface area contributed by atoms with Gasteiger partial charge in [0.25, 0.3) is 0 Å². The van der Waals surface area contributed by atoms with Gasteiger partial charge in [-0.1, -0.05) is 30.3 Å². The number of benzene rings is 1. The molecular weight excluding hydrogens is 289 g/mol. The second-order valence-electron chi connectivity index (χ2n) is 4.30. The highest BCUT2D eigenvalue weighted by Gasteiger charge is 2.26. The van der Waals surface area contributed by atoms with Gasteiger partial charge >= 0.3 is 18.2 Å². The SMILES string of the molecule is O=C(NCCCC(F)(F)F)N[C@@H](C(=O)O)c1ccccc1. The second kappa shape index (κ2) is 7.51. The maximum atomic E-state index is 11.9. The van der Waals surface area contributed by atoms with E-state index < -0.39 is 30.6 Å². The third-order valence-corrected chi connectivity index (χ3v) is 2.58. The summed E-state index contributed by atoms with van der Waals surface area (Å²) in [5, 5.41) is 13.5. The fourth-order valence-corrected chi connectivity index (χ4v) is 1.61. The summed E-state index contributed by atoms with van der Waals surface area (Å²) >= 11 is 0. The van der Waals surface area contributed by atoms with Crippen molar-refractivity contribution in [3.63, 3.8) is 0 Å².